The number of carbonyl (C=O) groups excluding carboxylic acids is 2. The fourth-order valence-electron chi connectivity index (χ4n) is 2.26. The molecular weight excluding hydrogens is 338 g/mol. The second-order valence-electron chi connectivity index (χ2n) is 5.39. The first-order chi connectivity index (χ1) is 12.6. The van der Waals surface area contributed by atoms with Gasteiger partial charge in [0, 0.05) is 11.1 Å². The van der Waals surface area contributed by atoms with Crippen molar-refractivity contribution in [3.8, 4) is 17.2 Å². The number of carbonyl (C=O) groups is 2. The predicted octanol–water partition coefficient (Wildman–Crippen LogP) is 1.04. The summed E-state index contributed by atoms with van der Waals surface area (Å²) in [6, 6.07) is 11.4. The number of fused-ring (bicyclic) bond motifs is 1. The van der Waals surface area contributed by atoms with Crippen LogP contribution in [0.3, 0.4) is 0 Å². The molecule has 0 saturated carbocycles. The molecule has 0 spiro atoms. The van der Waals surface area contributed by atoms with Crippen LogP contribution in [0.15, 0.2) is 47.6 Å². The SMILES string of the molecule is O=C(CNC(=O)c1ccc2c(c1)OCCO2)NN=Cc1ccccc1O. The van der Waals surface area contributed by atoms with E-state index in [-0.39, 0.29) is 12.3 Å². The molecule has 1 aliphatic rings. The van der Waals surface area contributed by atoms with E-state index >= 15 is 0 Å². The van der Waals surface area contributed by atoms with E-state index in [1.165, 1.54) is 12.3 Å². The monoisotopic (exact) mass is 355 g/mol. The van der Waals surface area contributed by atoms with Crippen LogP contribution in [0.5, 0.6) is 17.2 Å². The molecule has 2 aromatic carbocycles. The molecule has 0 bridgehead atoms. The number of aromatic hydroxyl groups is 1. The Morgan fingerprint density at radius 3 is 2.69 bits per heavy atom. The van der Waals surface area contributed by atoms with Crippen molar-refractivity contribution in [3.05, 3.63) is 53.6 Å². The topological polar surface area (TPSA) is 109 Å². The summed E-state index contributed by atoms with van der Waals surface area (Å²) in [4.78, 5) is 23.9. The van der Waals surface area contributed by atoms with Crippen LogP contribution >= 0.6 is 0 Å². The third-order valence-electron chi connectivity index (χ3n) is 3.54. The molecule has 1 aliphatic heterocycles. The summed E-state index contributed by atoms with van der Waals surface area (Å²) in [7, 11) is 0. The van der Waals surface area contributed by atoms with Crippen molar-refractivity contribution in [2.24, 2.45) is 5.10 Å². The highest BCUT2D eigenvalue weighted by atomic mass is 16.6. The zero-order valence-electron chi connectivity index (χ0n) is 13.8. The molecule has 2 aromatic rings. The first kappa shape index (κ1) is 17.3. The second kappa shape index (κ2) is 8.02. The predicted molar refractivity (Wildman–Crippen MR) is 93.6 cm³/mol. The number of nitrogens with one attached hydrogen (secondary N) is 2. The summed E-state index contributed by atoms with van der Waals surface area (Å²) < 4.78 is 10.8. The van der Waals surface area contributed by atoms with Crippen LogP contribution in [0, 0.1) is 0 Å². The summed E-state index contributed by atoms with van der Waals surface area (Å²) in [5.41, 5.74) is 3.10. The van der Waals surface area contributed by atoms with Crippen LogP contribution in [0.1, 0.15) is 15.9 Å². The van der Waals surface area contributed by atoms with Crippen molar-refractivity contribution >= 4 is 18.0 Å². The smallest absolute Gasteiger partial charge is 0.259 e. The number of hydrogen-bond donors (Lipinski definition) is 3. The lowest BCUT2D eigenvalue weighted by atomic mass is 10.2. The number of phenols is 1. The highest BCUT2D eigenvalue weighted by molar-refractivity contribution is 5.97. The molecule has 2 amide bonds. The minimum Gasteiger partial charge on any atom is -0.507 e. The van der Waals surface area contributed by atoms with Crippen molar-refractivity contribution in [2.45, 2.75) is 0 Å². The van der Waals surface area contributed by atoms with Crippen LogP contribution in [0.25, 0.3) is 0 Å². The first-order valence-electron chi connectivity index (χ1n) is 7.91. The van der Waals surface area contributed by atoms with E-state index in [0.29, 0.717) is 35.8 Å². The minimum absolute atomic E-state index is 0.0532. The van der Waals surface area contributed by atoms with Gasteiger partial charge < -0.3 is 19.9 Å². The van der Waals surface area contributed by atoms with Crippen LogP contribution in [-0.4, -0.2) is 42.9 Å². The van der Waals surface area contributed by atoms with E-state index in [9.17, 15) is 14.7 Å². The van der Waals surface area contributed by atoms with Gasteiger partial charge in [0.1, 0.15) is 19.0 Å². The van der Waals surface area contributed by atoms with Gasteiger partial charge in [-0.1, -0.05) is 12.1 Å². The van der Waals surface area contributed by atoms with Gasteiger partial charge in [0.2, 0.25) is 0 Å². The van der Waals surface area contributed by atoms with Crippen molar-refractivity contribution in [2.75, 3.05) is 19.8 Å². The summed E-state index contributed by atoms with van der Waals surface area (Å²) in [5, 5.41) is 15.8. The Bertz CT molecular complexity index is 850. The molecule has 134 valence electrons. The van der Waals surface area contributed by atoms with Gasteiger partial charge in [0.05, 0.1) is 12.8 Å². The largest absolute Gasteiger partial charge is 0.507 e. The summed E-state index contributed by atoms with van der Waals surface area (Å²) in [6.45, 7) is 0.654. The van der Waals surface area contributed by atoms with Gasteiger partial charge in [0.15, 0.2) is 11.5 Å². The number of amides is 2. The van der Waals surface area contributed by atoms with Gasteiger partial charge in [-0.2, -0.15) is 5.10 Å². The van der Waals surface area contributed by atoms with E-state index in [4.69, 9.17) is 9.47 Å². The lowest BCUT2D eigenvalue weighted by Gasteiger charge is -2.18. The van der Waals surface area contributed by atoms with E-state index in [2.05, 4.69) is 15.8 Å². The fourth-order valence-corrected chi connectivity index (χ4v) is 2.26. The summed E-state index contributed by atoms with van der Waals surface area (Å²) >= 11 is 0. The maximum atomic E-state index is 12.1. The molecule has 0 radical (unpaired) electrons. The number of rotatable bonds is 5. The van der Waals surface area contributed by atoms with Crippen molar-refractivity contribution in [3.63, 3.8) is 0 Å². The number of ether oxygens (including phenoxy) is 2. The molecule has 0 aliphatic carbocycles. The van der Waals surface area contributed by atoms with E-state index < -0.39 is 11.8 Å². The normalized spacial score (nSPS) is 12.6. The van der Waals surface area contributed by atoms with Crippen LogP contribution in [0.2, 0.25) is 0 Å². The zero-order valence-corrected chi connectivity index (χ0v) is 13.8. The lowest BCUT2D eigenvalue weighted by Crippen LogP contribution is -2.35. The number of hydrogen-bond acceptors (Lipinski definition) is 6. The Balaban J connectivity index is 1.50. The number of para-hydroxylation sites is 1. The molecule has 8 heteroatoms. The lowest BCUT2D eigenvalue weighted by molar-refractivity contribution is -0.120. The molecule has 0 aromatic heterocycles. The first-order valence-corrected chi connectivity index (χ1v) is 7.91. The Labute approximate surface area is 149 Å². The molecule has 8 nitrogen and oxygen atoms in total. The van der Waals surface area contributed by atoms with E-state index in [1.54, 1.807) is 36.4 Å². The molecule has 0 saturated heterocycles. The molecule has 0 atom stereocenters. The standard InChI is InChI=1S/C18H17N3O5/c22-14-4-2-1-3-13(14)10-20-21-17(23)11-19-18(24)12-5-6-15-16(9-12)26-8-7-25-15/h1-6,9-10,22H,7-8,11H2,(H,19,24)(H,21,23). The summed E-state index contributed by atoms with van der Waals surface area (Å²) in [6.07, 6.45) is 1.32. The highest BCUT2D eigenvalue weighted by Crippen LogP contribution is 2.30. The Morgan fingerprint density at radius 2 is 1.88 bits per heavy atom. The van der Waals surface area contributed by atoms with Gasteiger partial charge in [-0.15, -0.1) is 0 Å². The highest BCUT2D eigenvalue weighted by Gasteiger charge is 2.15. The summed E-state index contributed by atoms with van der Waals surface area (Å²) in [5.74, 6) is 0.228. The second-order valence-corrected chi connectivity index (χ2v) is 5.39. The Kier molecular flexibility index (Phi) is 5.33. The third-order valence-corrected chi connectivity index (χ3v) is 3.54. The molecule has 1 heterocycles. The molecule has 0 fully saturated rings. The number of hydrazone groups is 1. The van der Waals surface area contributed by atoms with E-state index in [0.717, 1.165) is 0 Å². The minimum atomic E-state index is -0.498. The van der Waals surface area contributed by atoms with Crippen molar-refractivity contribution < 1.29 is 24.2 Å². The zero-order chi connectivity index (χ0) is 18.4. The van der Waals surface area contributed by atoms with Crippen molar-refractivity contribution in [1.29, 1.82) is 0 Å². The van der Waals surface area contributed by atoms with Gasteiger partial charge >= 0.3 is 0 Å². The molecule has 3 N–H and O–H groups in total. The third kappa shape index (κ3) is 4.29. The number of benzene rings is 2. The Hall–Kier alpha value is -3.55. The molecule has 26 heavy (non-hydrogen) atoms. The number of nitrogens with zero attached hydrogens (tertiary/aromatic N) is 1. The Morgan fingerprint density at radius 1 is 1.12 bits per heavy atom. The van der Waals surface area contributed by atoms with Crippen LogP contribution in [0.4, 0.5) is 0 Å². The van der Waals surface area contributed by atoms with Crippen molar-refractivity contribution in [1.82, 2.24) is 10.7 Å². The van der Waals surface area contributed by atoms with Gasteiger partial charge in [-0.05, 0) is 30.3 Å². The maximum Gasteiger partial charge on any atom is 0.259 e. The quantitative estimate of drug-likeness (QED) is 0.548. The number of phenolic OH excluding ortho intramolecular Hbond substituents is 1. The molecule has 3 rings (SSSR count). The van der Waals surface area contributed by atoms with Gasteiger partial charge in [0.25, 0.3) is 11.8 Å². The molecular formula is C18H17N3O5. The van der Waals surface area contributed by atoms with E-state index in [1.807, 2.05) is 0 Å². The fraction of sp³-hybridized carbons (Fsp3) is 0.167. The van der Waals surface area contributed by atoms with Crippen LogP contribution < -0.4 is 20.2 Å². The van der Waals surface area contributed by atoms with Gasteiger partial charge in [-0.25, -0.2) is 5.43 Å². The molecule has 0 unspecified atom stereocenters. The average Bonchev–Trinajstić information content (AvgIpc) is 2.67. The average molecular weight is 355 g/mol. The maximum absolute atomic E-state index is 12.1. The van der Waals surface area contributed by atoms with Crippen LogP contribution in [-0.2, 0) is 4.79 Å². The van der Waals surface area contributed by atoms with Gasteiger partial charge in [-0.3, -0.25) is 9.59 Å².